The van der Waals surface area contributed by atoms with Gasteiger partial charge in [0.2, 0.25) is 0 Å². The van der Waals surface area contributed by atoms with Gasteiger partial charge in [0, 0.05) is 30.5 Å². The molecule has 1 aromatic carbocycles. The van der Waals surface area contributed by atoms with Gasteiger partial charge in [0.15, 0.2) is 0 Å². The first-order valence-corrected chi connectivity index (χ1v) is 6.30. The lowest BCUT2D eigenvalue weighted by Gasteiger charge is -2.30. The van der Waals surface area contributed by atoms with Gasteiger partial charge >= 0.3 is 0 Å². The van der Waals surface area contributed by atoms with E-state index in [1.807, 2.05) is 12.1 Å². The minimum absolute atomic E-state index is 0.524. The van der Waals surface area contributed by atoms with Crippen molar-refractivity contribution in [2.75, 3.05) is 26.8 Å². The van der Waals surface area contributed by atoms with Gasteiger partial charge in [-0.05, 0) is 28.1 Å². The molecule has 0 bridgehead atoms. The molecule has 2 atom stereocenters. The van der Waals surface area contributed by atoms with Crippen LogP contribution in [0.4, 0.5) is 0 Å². The fraction of sp³-hybridized carbons (Fsp3) is 0.500. The Morgan fingerprint density at radius 1 is 1.44 bits per heavy atom. The van der Waals surface area contributed by atoms with Crippen LogP contribution in [0.2, 0.25) is 0 Å². The second-order valence-corrected chi connectivity index (χ2v) is 5.18. The number of rotatable bonds is 1. The van der Waals surface area contributed by atoms with Crippen molar-refractivity contribution in [3.05, 3.63) is 22.2 Å². The van der Waals surface area contributed by atoms with Crippen LogP contribution in [0.25, 0.3) is 0 Å². The Bertz CT molecular complexity index is 422. The summed E-state index contributed by atoms with van der Waals surface area (Å²) in [6.45, 7) is 2.87. The SMILES string of the molecule is COc1ccc(Br)c2c1C1CNCC1CO2. The Kier molecular flexibility index (Phi) is 2.56. The van der Waals surface area contributed by atoms with Gasteiger partial charge in [0.1, 0.15) is 11.5 Å². The van der Waals surface area contributed by atoms with Gasteiger partial charge in [-0.15, -0.1) is 0 Å². The molecule has 3 rings (SSSR count). The van der Waals surface area contributed by atoms with E-state index in [0.717, 1.165) is 35.7 Å². The van der Waals surface area contributed by atoms with Crippen LogP contribution in [-0.4, -0.2) is 26.8 Å². The standard InChI is InChI=1S/C12H14BrNO2/c1-15-10-3-2-9(13)12-11(10)8-5-14-4-7(8)6-16-12/h2-3,7-8,14H,4-6H2,1H3. The van der Waals surface area contributed by atoms with Crippen LogP contribution in [0.1, 0.15) is 11.5 Å². The summed E-state index contributed by atoms with van der Waals surface area (Å²) < 4.78 is 12.3. The Morgan fingerprint density at radius 3 is 3.12 bits per heavy atom. The number of benzene rings is 1. The molecule has 2 heterocycles. The van der Waals surface area contributed by atoms with Gasteiger partial charge in [0.25, 0.3) is 0 Å². The van der Waals surface area contributed by atoms with Crippen molar-refractivity contribution in [1.82, 2.24) is 5.32 Å². The second-order valence-electron chi connectivity index (χ2n) is 4.33. The quantitative estimate of drug-likeness (QED) is 0.857. The van der Waals surface area contributed by atoms with Crippen molar-refractivity contribution in [2.24, 2.45) is 5.92 Å². The van der Waals surface area contributed by atoms with E-state index in [-0.39, 0.29) is 0 Å². The van der Waals surface area contributed by atoms with Crippen molar-refractivity contribution in [3.63, 3.8) is 0 Å². The predicted molar refractivity (Wildman–Crippen MR) is 65.3 cm³/mol. The highest BCUT2D eigenvalue weighted by Gasteiger charge is 2.37. The van der Waals surface area contributed by atoms with Gasteiger partial charge in [-0.2, -0.15) is 0 Å². The summed E-state index contributed by atoms with van der Waals surface area (Å²) in [5, 5.41) is 3.43. The van der Waals surface area contributed by atoms with E-state index in [1.165, 1.54) is 5.56 Å². The molecule has 16 heavy (non-hydrogen) atoms. The molecule has 0 aromatic heterocycles. The molecular weight excluding hydrogens is 270 g/mol. The summed E-state index contributed by atoms with van der Waals surface area (Å²) in [5.74, 6) is 3.01. The normalized spacial score (nSPS) is 26.9. The molecule has 2 aliphatic rings. The van der Waals surface area contributed by atoms with Crippen LogP contribution in [0, 0.1) is 5.92 Å². The number of hydrogen-bond acceptors (Lipinski definition) is 3. The molecule has 3 nitrogen and oxygen atoms in total. The van der Waals surface area contributed by atoms with E-state index in [1.54, 1.807) is 7.11 Å². The van der Waals surface area contributed by atoms with E-state index in [4.69, 9.17) is 9.47 Å². The molecule has 1 N–H and O–H groups in total. The van der Waals surface area contributed by atoms with Gasteiger partial charge in [-0.25, -0.2) is 0 Å². The van der Waals surface area contributed by atoms with E-state index in [0.29, 0.717) is 11.8 Å². The topological polar surface area (TPSA) is 30.5 Å². The van der Waals surface area contributed by atoms with Gasteiger partial charge in [0.05, 0.1) is 18.2 Å². The van der Waals surface area contributed by atoms with Crippen molar-refractivity contribution in [1.29, 1.82) is 0 Å². The van der Waals surface area contributed by atoms with E-state index < -0.39 is 0 Å². The largest absolute Gasteiger partial charge is 0.496 e. The van der Waals surface area contributed by atoms with E-state index in [9.17, 15) is 0 Å². The minimum Gasteiger partial charge on any atom is -0.496 e. The lowest BCUT2D eigenvalue weighted by Crippen LogP contribution is -2.25. The third-order valence-corrected chi connectivity index (χ3v) is 4.10. The predicted octanol–water partition coefficient (Wildman–Crippen LogP) is 2.15. The number of halogens is 1. The Labute approximate surface area is 103 Å². The first-order chi connectivity index (χ1) is 7.81. The van der Waals surface area contributed by atoms with Gasteiger partial charge in [-0.3, -0.25) is 0 Å². The highest BCUT2D eigenvalue weighted by molar-refractivity contribution is 9.10. The zero-order chi connectivity index (χ0) is 11.1. The fourth-order valence-corrected chi connectivity index (χ4v) is 3.13. The Morgan fingerprint density at radius 2 is 2.31 bits per heavy atom. The Balaban J connectivity index is 2.15. The molecule has 1 aromatic rings. The van der Waals surface area contributed by atoms with Crippen LogP contribution in [0.3, 0.4) is 0 Å². The highest BCUT2D eigenvalue weighted by Crippen LogP contribution is 2.47. The first kappa shape index (κ1) is 10.4. The lowest BCUT2D eigenvalue weighted by atomic mass is 9.86. The zero-order valence-corrected chi connectivity index (χ0v) is 10.7. The first-order valence-electron chi connectivity index (χ1n) is 5.51. The summed E-state index contributed by atoms with van der Waals surface area (Å²) >= 11 is 3.54. The van der Waals surface area contributed by atoms with Crippen molar-refractivity contribution in [3.8, 4) is 11.5 Å². The molecule has 2 unspecified atom stereocenters. The van der Waals surface area contributed by atoms with E-state index >= 15 is 0 Å². The van der Waals surface area contributed by atoms with Crippen molar-refractivity contribution < 1.29 is 9.47 Å². The Hall–Kier alpha value is -0.740. The summed E-state index contributed by atoms with van der Waals surface area (Å²) in [7, 11) is 1.72. The average molecular weight is 284 g/mol. The molecule has 4 heteroatoms. The summed E-state index contributed by atoms with van der Waals surface area (Å²) in [4.78, 5) is 0. The molecular formula is C12H14BrNO2. The number of hydrogen-bond donors (Lipinski definition) is 1. The molecule has 0 aliphatic carbocycles. The highest BCUT2D eigenvalue weighted by atomic mass is 79.9. The van der Waals surface area contributed by atoms with Crippen molar-refractivity contribution >= 4 is 15.9 Å². The van der Waals surface area contributed by atoms with Gasteiger partial charge in [-0.1, -0.05) is 0 Å². The molecule has 0 amide bonds. The molecule has 0 saturated carbocycles. The van der Waals surface area contributed by atoms with Crippen molar-refractivity contribution in [2.45, 2.75) is 5.92 Å². The molecule has 2 aliphatic heterocycles. The fourth-order valence-electron chi connectivity index (χ4n) is 2.67. The van der Waals surface area contributed by atoms with Crippen LogP contribution in [-0.2, 0) is 0 Å². The number of ether oxygens (including phenoxy) is 2. The molecule has 0 spiro atoms. The number of methoxy groups -OCH3 is 1. The maximum atomic E-state index is 5.84. The lowest BCUT2D eigenvalue weighted by molar-refractivity contribution is 0.214. The van der Waals surface area contributed by atoms with Gasteiger partial charge < -0.3 is 14.8 Å². The maximum absolute atomic E-state index is 5.84. The van der Waals surface area contributed by atoms with Crippen LogP contribution in [0.15, 0.2) is 16.6 Å². The smallest absolute Gasteiger partial charge is 0.140 e. The summed E-state index contributed by atoms with van der Waals surface area (Å²) in [6, 6.07) is 3.99. The molecule has 86 valence electrons. The maximum Gasteiger partial charge on any atom is 0.140 e. The summed E-state index contributed by atoms with van der Waals surface area (Å²) in [6.07, 6.45) is 0. The molecule has 0 radical (unpaired) electrons. The van der Waals surface area contributed by atoms with Crippen LogP contribution >= 0.6 is 15.9 Å². The number of fused-ring (bicyclic) bond motifs is 3. The third kappa shape index (κ3) is 1.44. The monoisotopic (exact) mass is 283 g/mol. The molecule has 1 fully saturated rings. The van der Waals surface area contributed by atoms with Crippen LogP contribution in [0.5, 0.6) is 11.5 Å². The average Bonchev–Trinajstić information content (AvgIpc) is 2.77. The number of nitrogens with one attached hydrogen (secondary N) is 1. The summed E-state index contributed by atoms with van der Waals surface area (Å²) in [5.41, 5.74) is 1.22. The molecule has 1 saturated heterocycles. The minimum atomic E-state index is 0.524. The zero-order valence-electron chi connectivity index (χ0n) is 9.13. The third-order valence-electron chi connectivity index (χ3n) is 3.48. The van der Waals surface area contributed by atoms with Crippen LogP contribution < -0.4 is 14.8 Å². The van der Waals surface area contributed by atoms with E-state index in [2.05, 4.69) is 21.2 Å². The second kappa shape index (κ2) is 3.93.